The first kappa shape index (κ1) is 14.4. The van der Waals surface area contributed by atoms with Gasteiger partial charge in [0.1, 0.15) is 5.75 Å². The normalized spacial score (nSPS) is 10.8. The zero-order valence-electron chi connectivity index (χ0n) is 12.3. The second-order valence-corrected chi connectivity index (χ2v) is 4.77. The zero-order valence-corrected chi connectivity index (χ0v) is 12.3. The van der Waals surface area contributed by atoms with E-state index in [1.807, 2.05) is 19.1 Å². The molecular formula is C16H21NO3. The number of aromatic nitrogens is 1. The number of rotatable bonds is 6. The van der Waals surface area contributed by atoms with Crippen LogP contribution in [0, 0.1) is 6.92 Å². The lowest BCUT2D eigenvalue weighted by Crippen LogP contribution is -2.07. The molecule has 0 saturated carbocycles. The molecule has 0 unspecified atom stereocenters. The number of methoxy groups -OCH3 is 1. The van der Waals surface area contributed by atoms with Crippen LogP contribution in [0.2, 0.25) is 0 Å². The first-order chi connectivity index (χ1) is 9.65. The predicted octanol–water partition coefficient (Wildman–Crippen LogP) is 3.30. The van der Waals surface area contributed by atoms with Crippen LogP contribution in [0.1, 0.15) is 25.5 Å². The third-order valence-corrected chi connectivity index (χ3v) is 3.38. The molecule has 1 aromatic heterocycles. The summed E-state index contributed by atoms with van der Waals surface area (Å²) in [6, 6.07) is 8.20. The molecule has 2 rings (SSSR count). The van der Waals surface area contributed by atoms with Gasteiger partial charge >= 0.3 is 5.97 Å². The van der Waals surface area contributed by atoms with E-state index in [9.17, 15) is 4.79 Å². The summed E-state index contributed by atoms with van der Waals surface area (Å²) >= 11 is 0. The Balaban J connectivity index is 2.10. The Kier molecular flexibility index (Phi) is 4.66. The average molecular weight is 275 g/mol. The third-order valence-electron chi connectivity index (χ3n) is 3.38. The number of carbonyl (C=O) groups is 1. The van der Waals surface area contributed by atoms with Gasteiger partial charge in [0.15, 0.2) is 0 Å². The van der Waals surface area contributed by atoms with Crippen molar-refractivity contribution in [3.63, 3.8) is 0 Å². The van der Waals surface area contributed by atoms with Crippen LogP contribution in [0.15, 0.2) is 24.3 Å². The molecule has 20 heavy (non-hydrogen) atoms. The van der Waals surface area contributed by atoms with Crippen molar-refractivity contribution < 1.29 is 14.3 Å². The maximum atomic E-state index is 11.4. The largest absolute Gasteiger partial charge is 0.497 e. The van der Waals surface area contributed by atoms with E-state index in [-0.39, 0.29) is 5.97 Å². The lowest BCUT2D eigenvalue weighted by Gasteiger charge is -2.08. The molecule has 0 bridgehead atoms. The highest BCUT2D eigenvalue weighted by Gasteiger charge is 2.08. The first-order valence-corrected chi connectivity index (χ1v) is 6.95. The summed E-state index contributed by atoms with van der Waals surface area (Å²) in [5.74, 6) is 0.740. The third kappa shape index (κ3) is 3.13. The van der Waals surface area contributed by atoms with Gasteiger partial charge < -0.3 is 14.0 Å². The summed E-state index contributed by atoms with van der Waals surface area (Å²) in [7, 11) is 1.67. The predicted molar refractivity (Wildman–Crippen MR) is 79.1 cm³/mol. The molecule has 0 atom stereocenters. The molecule has 0 aliphatic heterocycles. The van der Waals surface area contributed by atoms with E-state index in [1.165, 1.54) is 11.2 Å². The fourth-order valence-electron chi connectivity index (χ4n) is 2.43. The average Bonchev–Trinajstić information content (AvgIpc) is 2.74. The van der Waals surface area contributed by atoms with Crippen molar-refractivity contribution in [1.29, 1.82) is 0 Å². The van der Waals surface area contributed by atoms with Crippen LogP contribution in [-0.4, -0.2) is 24.3 Å². The highest BCUT2D eigenvalue weighted by molar-refractivity contribution is 5.82. The number of aryl methyl sites for hydroxylation is 2. The molecule has 0 radical (unpaired) electrons. The molecule has 2 aromatic rings. The molecule has 4 nitrogen and oxygen atoms in total. The monoisotopic (exact) mass is 275 g/mol. The second-order valence-electron chi connectivity index (χ2n) is 4.77. The number of nitrogens with zero attached hydrogens (tertiary/aromatic N) is 1. The summed E-state index contributed by atoms with van der Waals surface area (Å²) in [5, 5.41) is 1.16. The topological polar surface area (TPSA) is 40.5 Å². The molecule has 0 fully saturated rings. The number of esters is 1. The highest BCUT2D eigenvalue weighted by atomic mass is 16.5. The van der Waals surface area contributed by atoms with Crippen molar-refractivity contribution in [3.8, 4) is 5.75 Å². The van der Waals surface area contributed by atoms with E-state index in [0.717, 1.165) is 24.1 Å². The van der Waals surface area contributed by atoms with Crippen LogP contribution in [0.5, 0.6) is 5.75 Å². The van der Waals surface area contributed by atoms with Gasteiger partial charge in [-0.05, 0) is 44.5 Å². The van der Waals surface area contributed by atoms with Gasteiger partial charge in [-0.2, -0.15) is 0 Å². The summed E-state index contributed by atoms with van der Waals surface area (Å²) in [5.41, 5.74) is 2.37. The first-order valence-electron chi connectivity index (χ1n) is 6.95. The van der Waals surface area contributed by atoms with Gasteiger partial charge in [0, 0.05) is 29.6 Å². The molecule has 0 aliphatic rings. The van der Waals surface area contributed by atoms with Crippen molar-refractivity contribution >= 4 is 16.9 Å². The Morgan fingerprint density at radius 2 is 2.10 bits per heavy atom. The van der Waals surface area contributed by atoms with Gasteiger partial charge in [-0.1, -0.05) is 0 Å². The minimum Gasteiger partial charge on any atom is -0.497 e. The SMILES string of the molecule is CCOC(=O)CCCn1c(C)cc2cc(OC)ccc21. The van der Waals surface area contributed by atoms with Gasteiger partial charge in [-0.25, -0.2) is 0 Å². The highest BCUT2D eigenvalue weighted by Crippen LogP contribution is 2.24. The molecule has 1 heterocycles. The minimum absolute atomic E-state index is 0.122. The Morgan fingerprint density at radius 3 is 2.80 bits per heavy atom. The van der Waals surface area contributed by atoms with Gasteiger partial charge in [0.2, 0.25) is 0 Å². The molecule has 1 aromatic carbocycles. The minimum atomic E-state index is -0.122. The van der Waals surface area contributed by atoms with Crippen molar-refractivity contribution in [1.82, 2.24) is 4.57 Å². The van der Waals surface area contributed by atoms with Gasteiger partial charge in [-0.15, -0.1) is 0 Å². The molecule has 0 aliphatic carbocycles. The Labute approximate surface area is 119 Å². The van der Waals surface area contributed by atoms with E-state index >= 15 is 0 Å². The van der Waals surface area contributed by atoms with Crippen LogP contribution >= 0.6 is 0 Å². The standard InChI is InChI=1S/C16H21NO3/c1-4-20-16(18)6-5-9-17-12(2)10-13-11-14(19-3)7-8-15(13)17/h7-8,10-11H,4-6,9H2,1-3H3. The van der Waals surface area contributed by atoms with Gasteiger partial charge in [0.05, 0.1) is 13.7 Å². The lowest BCUT2D eigenvalue weighted by atomic mass is 10.2. The summed E-state index contributed by atoms with van der Waals surface area (Å²) in [6.07, 6.45) is 1.25. The van der Waals surface area contributed by atoms with Crippen LogP contribution in [0.3, 0.4) is 0 Å². The van der Waals surface area contributed by atoms with E-state index < -0.39 is 0 Å². The van der Waals surface area contributed by atoms with Crippen molar-refractivity contribution in [2.24, 2.45) is 0 Å². The van der Waals surface area contributed by atoms with E-state index in [1.54, 1.807) is 7.11 Å². The van der Waals surface area contributed by atoms with Crippen LogP contribution in [0.4, 0.5) is 0 Å². The van der Waals surface area contributed by atoms with Crippen molar-refractivity contribution in [2.75, 3.05) is 13.7 Å². The molecule has 4 heteroatoms. The Morgan fingerprint density at radius 1 is 1.30 bits per heavy atom. The molecule has 0 N–H and O–H groups in total. The molecule has 0 saturated heterocycles. The zero-order chi connectivity index (χ0) is 14.5. The summed E-state index contributed by atoms with van der Waals surface area (Å²) in [6.45, 7) is 5.18. The number of hydrogen-bond acceptors (Lipinski definition) is 3. The van der Waals surface area contributed by atoms with Crippen LogP contribution in [0.25, 0.3) is 10.9 Å². The number of ether oxygens (including phenoxy) is 2. The number of carbonyl (C=O) groups excluding carboxylic acids is 1. The second kappa shape index (κ2) is 6.46. The Bertz CT molecular complexity index is 601. The quantitative estimate of drug-likeness (QED) is 0.759. The summed E-state index contributed by atoms with van der Waals surface area (Å²) in [4.78, 5) is 11.4. The lowest BCUT2D eigenvalue weighted by molar-refractivity contribution is -0.143. The molecular weight excluding hydrogens is 254 g/mol. The van der Waals surface area contributed by atoms with Crippen LogP contribution in [-0.2, 0) is 16.1 Å². The Hall–Kier alpha value is -1.97. The van der Waals surface area contributed by atoms with Gasteiger partial charge in [0.25, 0.3) is 0 Å². The fraction of sp³-hybridized carbons (Fsp3) is 0.438. The molecule has 0 amide bonds. The summed E-state index contributed by atoms with van der Waals surface area (Å²) < 4.78 is 12.4. The van der Waals surface area contributed by atoms with Crippen LogP contribution < -0.4 is 4.74 Å². The van der Waals surface area contributed by atoms with E-state index in [0.29, 0.717) is 13.0 Å². The number of hydrogen-bond donors (Lipinski definition) is 0. The van der Waals surface area contributed by atoms with Crippen molar-refractivity contribution in [2.45, 2.75) is 33.2 Å². The smallest absolute Gasteiger partial charge is 0.305 e. The number of benzene rings is 1. The maximum absolute atomic E-state index is 11.4. The number of fused-ring (bicyclic) bond motifs is 1. The van der Waals surface area contributed by atoms with E-state index in [2.05, 4.69) is 23.6 Å². The fourth-order valence-corrected chi connectivity index (χ4v) is 2.43. The van der Waals surface area contributed by atoms with E-state index in [4.69, 9.17) is 9.47 Å². The van der Waals surface area contributed by atoms with Gasteiger partial charge in [-0.3, -0.25) is 4.79 Å². The molecule has 0 spiro atoms. The maximum Gasteiger partial charge on any atom is 0.305 e. The van der Waals surface area contributed by atoms with Crippen molar-refractivity contribution in [3.05, 3.63) is 30.0 Å². The molecule has 108 valence electrons.